The fraction of sp³-hybridized carbons (Fsp3) is 0.471. The molecule has 1 saturated heterocycles. The summed E-state index contributed by atoms with van der Waals surface area (Å²) in [4.78, 5) is 218. The van der Waals surface area contributed by atoms with Crippen LogP contribution in [-0.2, 0) is 104 Å². The lowest BCUT2D eigenvalue weighted by molar-refractivity contribution is -0.155. The minimum atomic E-state index is -1.64. The van der Waals surface area contributed by atoms with Crippen molar-refractivity contribution in [1.82, 2.24) is 78.3 Å². The van der Waals surface area contributed by atoms with Crippen LogP contribution in [0, 0.1) is 11.8 Å². The number of benzene rings is 6. The summed E-state index contributed by atoms with van der Waals surface area (Å²) >= 11 is 0. The van der Waals surface area contributed by atoms with Crippen molar-refractivity contribution in [3.63, 3.8) is 0 Å². The van der Waals surface area contributed by atoms with Gasteiger partial charge in [-0.05, 0) is 159 Å². The number of aromatic nitrogens is 2. The smallest absolute Gasteiger partial charge is 0.407 e. The summed E-state index contributed by atoms with van der Waals surface area (Å²) < 4.78 is 25.1. The normalized spacial score (nSPS) is 15.7. The molecule has 736 valence electrons. The summed E-state index contributed by atoms with van der Waals surface area (Å²) in [6, 6.07) is 40.3. The number of carbonyl (C=O) groups is 15. The summed E-state index contributed by atoms with van der Waals surface area (Å²) in [5.41, 5.74) is 3.59. The Bertz CT molecular complexity index is 5210. The zero-order valence-electron chi connectivity index (χ0n) is 80.8. The fourth-order valence-corrected chi connectivity index (χ4v) is 16.7. The number of hydrogen-bond donors (Lipinski definition) is 13. The number of hydrogen-bond acceptors (Lipinski definition) is 20. The van der Waals surface area contributed by atoms with Crippen molar-refractivity contribution >= 4 is 88.9 Å². The molecule has 35 heteroatoms. The van der Waals surface area contributed by atoms with E-state index in [1.54, 1.807) is 126 Å². The Morgan fingerprint density at radius 1 is 0.453 bits per heavy atom. The SMILES string of the molecule is CC[C@H](C)[C@H](NC(=O)[C@@H]1CCCN1C(=O)[C@@H](NC(=O)CNC(=O)OCC1c2ccccc2-c2ccccc21)[C@@H](C)CC)C(=O)NCC(=O)NCC(=O)N[C@@H](Cc1cn(C(c2ccccc2)(c2ccccc2)c2ccccc2)cn1)C(=O)N[C@@H](C)C(=O)N[C@@H](CCC(=O)OC(C)(C)C)C(=O)NCC(=O)N[C@H](C(=O)N[C@@H](Cc1ccccc1)C(=O)N[C@H](C(=O)O)[C@@H](C)OC(C)(C)C)[C@@H](C)OC(C)(C)C. The van der Waals surface area contributed by atoms with Crippen molar-refractivity contribution in [3.8, 4) is 11.1 Å². The van der Waals surface area contributed by atoms with E-state index < -0.39 is 229 Å². The third-order valence-corrected chi connectivity index (χ3v) is 23.7. The molecule has 0 spiro atoms. The third kappa shape index (κ3) is 30.7. The molecule has 6 aromatic carbocycles. The van der Waals surface area contributed by atoms with Crippen LogP contribution in [-0.4, -0.2) is 231 Å². The van der Waals surface area contributed by atoms with Crippen LogP contribution >= 0.6 is 0 Å². The molecule has 7 aromatic rings. The van der Waals surface area contributed by atoms with Gasteiger partial charge in [-0.2, -0.15) is 0 Å². The number of aliphatic carboxylic acids is 1. The largest absolute Gasteiger partial charge is 0.480 e. The number of amides is 13. The predicted octanol–water partition coefficient (Wildman–Crippen LogP) is 6.99. The lowest BCUT2D eigenvalue weighted by atomic mass is 9.77. The molecule has 2 heterocycles. The molecule has 1 fully saturated rings. The molecule has 0 radical (unpaired) electrons. The van der Waals surface area contributed by atoms with Crippen LogP contribution < -0.4 is 63.8 Å². The Hall–Kier alpha value is -13.7. The molecule has 0 unspecified atom stereocenters. The number of carbonyl (C=O) groups excluding carboxylic acids is 14. The second-order valence-electron chi connectivity index (χ2n) is 37.7. The van der Waals surface area contributed by atoms with Crippen LogP contribution in [0.4, 0.5) is 4.79 Å². The van der Waals surface area contributed by atoms with E-state index in [1.165, 1.54) is 25.7 Å². The van der Waals surface area contributed by atoms with E-state index in [1.807, 2.05) is 151 Å². The molecule has 13 amide bonds. The summed E-state index contributed by atoms with van der Waals surface area (Å²) in [7, 11) is 0. The molecule has 1 aromatic heterocycles. The molecule has 0 saturated carbocycles. The molecular weight excluding hydrogens is 1760 g/mol. The Balaban J connectivity index is 0.879. The number of imidazole rings is 1. The number of rotatable bonds is 46. The van der Waals surface area contributed by atoms with E-state index >= 15 is 4.79 Å². The first-order valence-corrected chi connectivity index (χ1v) is 46.5. The molecular formula is C102H133N15O20. The van der Waals surface area contributed by atoms with Crippen molar-refractivity contribution in [3.05, 3.63) is 221 Å². The topological polar surface area (TPSA) is 479 Å². The highest BCUT2D eigenvalue weighted by molar-refractivity contribution is 5.99. The van der Waals surface area contributed by atoms with Gasteiger partial charge in [0.25, 0.3) is 0 Å². The van der Waals surface area contributed by atoms with Crippen LogP contribution in [0.1, 0.15) is 194 Å². The number of esters is 1. The molecule has 13 atom stereocenters. The number of ether oxygens (including phenoxy) is 4. The van der Waals surface area contributed by atoms with Crippen molar-refractivity contribution in [2.75, 3.05) is 39.3 Å². The van der Waals surface area contributed by atoms with Gasteiger partial charge in [-0.3, -0.25) is 62.3 Å². The molecule has 1 aliphatic carbocycles. The maximum atomic E-state index is 15.1. The lowest BCUT2D eigenvalue weighted by Crippen LogP contribution is -2.61. The van der Waals surface area contributed by atoms with E-state index in [0.29, 0.717) is 24.8 Å². The van der Waals surface area contributed by atoms with Gasteiger partial charge >= 0.3 is 18.0 Å². The quantitative estimate of drug-likeness (QED) is 0.0135. The summed E-state index contributed by atoms with van der Waals surface area (Å²) in [5.74, 6) is -13.6. The van der Waals surface area contributed by atoms with E-state index in [0.717, 1.165) is 38.9 Å². The van der Waals surface area contributed by atoms with E-state index in [2.05, 4.69) is 63.8 Å². The molecule has 0 bridgehead atoms. The van der Waals surface area contributed by atoms with Crippen LogP contribution in [0.15, 0.2) is 182 Å². The molecule has 13 N–H and O–H groups in total. The zero-order valence-corrected chi connectivity index (χ0v) is 80.8. The molecule has 9 rings (SSSR count). The minimum absolute atomic E-state index is 0.0133. The number of fused-ring (bicyclic) bond motifs is 3. The third-order valence-electron chi connectivity index (χ3n) is 23.7. The molecule has 1 aliphatic heterocycles. The maximum absolute atomic E-state index is 15.1. The molecule has 35 nitrogen and oxygen atoms in total. The van der Waals surface area contributed by atoms with Crippen molar-refractivity contribution in [1.29, 1.82) is 0 Å². The standard InChI is InChI=1S/C102H133N15O20/c1-17-61(3)85(114-93(127)79-48-35-51-117(79)96(130)86(62(4)18-2)112-83(121)57-106-98(133)134-59-75-73-46-33-31-44-71(73)72-45-32-34-47-74(72)75)94(128)105-54-80(118)103-55-81(119)109-78(53-70-58-116(60-107-70)102(67-38-25-20-26-39-67,68-40-27-21-28-41-68)69-42-29-22-30-43-69)91(125)108-63(5)89(123)110-76(49-50-84(122)137-101(14,15)16)90(124)104-56-82(120)113-87(64(6)135-99(8,9)10)95(129)111-77(52-66-36-23-19-24-37-66)92(126)115-88(97(131)132)65(7)136-100(11,12)13/h19-34,36-47,58,60-65,75-79,85-88H,17-18,35,48-57,59H2,1-16H3,(H,103,118)(H,104,124)(H,105,128)(H,106,133)(H,108,125)(H,109,119)(H,110,123)(H,111,129)(H,112,121)(H,113,120)(H,114,127)(H,115,126)(H,131,132)/t61-,62-,63-,64+,65+,76-,77-,78-,79-,85-,86-,87-,88-/m0/s1. The highest BCUT2D eigenvalue weighted by Crippen LogP contribution is 2.45. The number of nitrogens with zero attached hydrogens (tertiary/aromatic N) is 3. The van der Waals surface area contributed by atoms with Gasteiger partial charge in [-0.15, -0.1) is 0 Å². The average molecular weight is 1890 g/mol. The molecule has 137 heavy (non-hydrogen) atoms. The lowest BCUT2D eigenvalue weighted by Gasteiger charge is -2.37. The fourth-order valence-electron chi connectivity index (χ4n) is 16.7. The summed E-state index contributed by atoms with van der Waals surface area (Å²) in [6.45, 7) is 23.8. The number of likely N-dealkylation sites (tertiary alicyclic amines) is 1. The van der Waals surface area contributed by atoms with E-state index in [9.17, 15) is 72.2 Å². The number of carboxylic acid groups (broad SMARTS) is 1. The number of alkyl carbamates (subject to hydrolysis) is 1. The van der Waals surface area contributed by atoms with Crippen molar-refractivity contribution < 1.29 is 96.0 Å². The number of carboxylic acids is 1. The average Bonchev–Trinajstić information content (AvgIpc) is 1.62. The van der Waals surface area contributed by atoms with E-state index in [4.69, 9.17) is 23.9 Å². The second kappa shape index (κ2) is 49.2. The van der Waals surface area contributed by atoms with Gasteiger partial charge in [0.1, 0.15) is 72.6 Å². The monoisotopic (exact) mass is 1890 g/mol. The Labute approximate surface area is 799 Å². The Morgan fingerprint density at radius 3 is 1.46 bits per heavy atom. The highest BCUT2D eigenvalue weighted by Gasteiger charge is 2.44. The van der Waals surface area contributed by atoms with Gasteiger partial charge in [-0.1, -0.05) is 210 Å². The first-order chi connectivity index (χ1) is 64.9. The van der Waals surface area contributed by atoms with Gasteiger partial charge in [-0.25, -0.2) is 14.6 Å². The summed E-state index contributed by atoms with van der Waals surface area (Å²) in [5, 5.41) is 41.5. The van der Waals surface area contributed by atoms with E-state index in [-0.39, 0.29) is 44.0 Å². The Kier molecular flexibility index (Phi) is 38.4. The minimum Gasteiger partial charge on any atom is -0.480 e. The van der Waals surface area contributed by atoms with Crippen molar-refractivity contribution in [2.45, 2.75) is 257 Å². The van der Waals surface area contributed by atoms with Gasteiger partial charge in [0.2, 0.25) is 70.9 Å². The Morgan fingerprint density at radius 2 is 0.920 bits per heavy atom. The first-order valence-electron chi connectivity index (χ1n) is 46.5. The van der Waals surface area contributed by atoms with Crippen LogP contribution in [0.2, 0.25) is 0 Å². The van der Waals surface area contributed by atoms with Gasteiger partial charge in [0, 0.05) is 37.9 Å². The van der Waals surface area contributed by atoms with Gasteiger partial charge in [0.05, 0.1) is 55.1 Å². The highest BCUT2D eigenvalue weighted by atomic mass is 16.6. The van der Waals surface area contributed by atoms with Crippen LogP contribution in [0.5, 0.6) is 0 Å². The number of nitrogens with one attached hydrogen (secondary N) is 12. The van der Waals surface area contributed by atoms with Gasteiger partial charge in [0.15, 0.2) is 6.04 Å². The van der Waals surface area contributed by atoms with Crippen LogP contribution in [0.25, 0.3) is 11.1 Å². The van der Waals surface area contributed by atoms with Crippen LogP contribution in [0.3, 0.4) is 0 Å². The van der Waals surface area contributed by atoms with Crippen molar-refractivity contribution in [2.24, 2.45) is 11.8 Å². The second-order valence-corrected chi connectivity index (χ2v) is 37.7. The summed E-state index contributed by atoms with van der Waals surface area (Å²) in [6.07, 6.45) is 0.332. The van der Waals surface area contributed by atoms with Gasteiger partial charge < -0.3 is 97.3 Å². The molecule has 2 aliphatic rings. The maximum Gasteiger partial charge on any atom is 0.407 e. The predicted molar refractivity (Wildman–Crippen MR) is 511 cm³/mol. The zero-order chi connectivity index (χ0) is 100. The first kappa shape index (κ1) is 107.